The smallest absolute Gasteiger partial charge is 0.249 e. The van der Waals surface area contributed by atoms with Crippen molar-refractivity contribution in [1.29, 1.82) is 0 Å². The normalized spacial score (nSPS) is 22.6. The van der Waals surface area contributed by atoms with Gasteiger partial charge in [0.05, 0.1) is 6.04 Å². The third kappa shape index (κ3) is 2.58. The molecule has 1 aromatic rings. The van der Waals surface area contributed by atoms with Crippen molar-refractivity contribution in [3.05, 3.63) is 22.4 Å². The van der Waals surface area contributed by atoms with Gasteiger partial charge in [-0.25, -0.2) is 0 Å². The van der Waals surface area contributed by atoms with Crippen LogP contribution in [-0.2, 0) is 9.53 Å². The molecule has 0 unspecified atom stereocenters. The minimum atomic E-state index is -0.229. The van der Waals surface area contributed by atoms with Crippen LogP contribution >= 0.6 is 11.3 Å². The SMILES string of the molecule is C[C@@H](NC(=O)[C@@H]1CCCO1)c1cccs1. The summed E-state index contributed by atoms with van der Waals surface area (Å²) in [5, 5.41) is 4.99. The van der Waals surface area contributed by atoms with Gasteiger partial charge in [-0.15, -0.1) is 11.3 Å². The summed E-state index contributed by atoms with van der Waals surface area (Å²) in [5.41, 5.74) is 0. The summed E-state index contributed by atoms with van der Waals surface area (Å²) in [5.74, 6) is 0.0217. The third-order valence-electron chi connectivity index (χ3n) is 2.55. The summed E-state index contributed by atoms with van der Waals surface area (Å²) in [6.07, 6.45) is 1.61. The molecule has 1 aliphatic rings. The van der Waals surface area contributed by atoms with Gasteiger partial charge in [-0.2, -0.15) is 0 Å². The van der Waals surface area contributed by atoms with Gasteiger partial charge < -0.3 is 10.1 Å². The highest BCUT2D eigenvalue weighted by atomic mass is 32.1. The molecule has 15 heavy (non-hydrogen) atoms. The lowest BCUT2D eigenvalue weighted by molar-refractivity contribution is -0.130. The van der Waals surface area contributed by atoms with Gasteiger partial charge in [0.1, 0.15) is 6.10 Å². The molecule has 1 amide bonds. The molecule has 1 saturated heterocycles. The van der Waals surface area contributed by atoms with Crippen LogP contribution in [0.5, 0.6) is 0 Å². The molecule has 2 heterocycles. The maximum absolute atomic E-state index is 11.7. The number of carbonyl (C=O) groups is 1. The van der Waals surface area contributed by atoms with Crippen LogP contribution in [0.1, 0.15) is 30.7 Å². The van der Waals surface area contributed by atoms with Crippen LogP contribution in [0.4, 0.5) is 0 Å². The van der Waals surface area contributed by atoms with E-state index in [1.807, 2.05) is 24.4 Å². The highest BCUT2D eigenvalue weighted by Gasteiger charge is 2.24. The number of ether oxygens (including phenoxy) is 1. The number of carbonyl (C=O) groups excluding carboxylic acids is 1. The molecule has 2 atom stereocenters. The Balaban J connectivity index is 1.88. The Bertz CT molecular complexity index is 317. The summed E-state index contributed by atoms with van der Waals surface area (Å²) >= 11 is 1.66. The summed E-state index contributed by atoms with van der Waals surface area (Å²) in [6.45, 7) is 2.71. The lowest BCUT2D eigenvalue weighted by Gasteiger charge is -2.15. The molecule has 1 aromatic heterocycles. The quantitative estimate of drug-likeness (QED) is 0.855. The molecular weight excluding hydrogens is 210 g/mol. The van der Waals surface area contributed by atoms with Gasteiger partial charge in [-0.3, -0.25) is 4.79 Å². The van der Waals surface area contributed by atoms with E-state index in [1.54, 1.807) is 11.3 Å². The minimum Gasteiger partial charge on any atom is -0.368 e. The molecule has 2 rings (SSSR count). The Labute approximate surface area is 93.4 Å². The van der Waals surface area contributed by atoms with E-state index in [-0.39, 0.29) is 18.1 Å². The van der Waals surface area contributed by atoms with Crippen molar-refractivity contribution in [2.24, 2.45) is 0 Å². The lowest BCUT2D eigenvalue weighted by atomic mass is 10.2. The fourth-order valence-electron chi connectivity index (χ4n) is 1.70. The van der Waals surface area contributed by atoms with E-state index in [2.05, 4.69) is 5.32 Å². The van der Waals surface area contributed by atoms with Crippen molar-refractivity contribution in [2.75, 3.05) is 6.61 Å². The zero-order valence-corrected chi connectivity index (χ0v) is 9.55. The Morgan fingerprint density at radius 1 is 1.73 bits per heavy atom. The number of nitrogens with one attached hydrogen (secondary N) is 1. The van der Waals surface area contributed by atoms with E-state index in [0.29, 0.717) is 6.61 Å². The van der Waals surface area contributed by atoms with Gasteiger partial charge in [0.25, 0.3) is 0 Å². The van der Waals surface area contributed by atoms with E-state index in [9.17, 15) is 4.79 Å². The number of hydrogen-bond donors (Lipinski definition) is 1. The molecule has 82 valence electrons. The highest BCUT2D eigenvalue weighted by Crippen LogP contribution is 2.19. The molecule has 0 spiro atoms. The van der Waals surface area contributed by atoms with Crippen molar-refractivity contribution in [1.82, 2.24) is 5.32 Å². The predicted molar refractivity (Wildman–Crippen MR) is 59.9 cm³/mol. The second kappa shape index (κ2) is 4.77. The van der Waals surface area contributed by atoms with Gasteiger partial charge in [-0.05, 0) is 31.2 Å². The molecule has 0 aromatic carbocycles. The first-order valence-electron chi connectivity index (χ1n) is 5.23. The number of thiophene rings is 1. The zero-order valence-electron chi connectivity index (χ0n) is 8.73. The molecule has 1 fully saturated rings. The monoisotopic (exact) mass is 225 g/mol. The Morgan fingerprint density at radius 3 is 3.20 bits per heavy atom. The number of rotatable bonds is 3. The Morgan fingerprint density at radius 2 is 2.60 bits per heavy atom. The molecule has 0 aliphatic carbocycles. The first-order valence-corrected chi connectivity index (χ1v) is 6.10. The van der Waals surface area contributed by atoms with Crippen LogP contribution in [-0.4, -0.2) is 18.6 Å². The number of hydrogen-bond acceptors (Lipinski definition) is 3. The van der Waals surface area contributed by atoms with Crippen LogP contribution in [0.2, 0.25) is 0 Å². The second-order valence-corrected chi connectivity index (χ2v) is 4.73. The van der Waals surface area contributed by atoms with Crippen molar-refractivity contribution < 1.29 is 9.53 Å². The van der Waals surface area contributed by atoms with Crippen LogP contribution in [0.15, 0.2) is 17.5 Å². The average molecular weight is 225 g/mol. The van der Waals surface area contributed by atoms with Gasteiger partial charge in [0.15, 0.2) is 0 Å². The molecule has 0 radical (unpaired) electrons. The maximum Gasteiger partial charge on any atom is 0.249 e. The molecule has 1 aliphatic heterocycles. The summed E-state index contributed by atoms with van der Waals surface area (Å²) in [6, 6.07) is 4.11. The fourth-order valence-corrected chi connectivity index (χ4v) is 2.43. The highest BCUT2D eigenvalue weighted by molar-refractivity contribution is 7.10. The van der Waals surface area contributed by atoms with Crippen LogP contribution < -0.4 is 5.32 Å². The van der Waals surface area contributed by atoms with Gasteiger partial charge in [0.2, 0.25) is 5.91 Å². The summed E-state index contributed by atoms with van der Waals surface area (Å²) in [4.78, 5) is 12.9. The van der Waals surface area contributed by atoms with Crippen molar-refractivity contribution in [3.63, 3.8) is 0 Å². The van der Waals surface area contributed by atoms with Crippen molar-refractivity contribution in [3.8, 4) is 0 Å². The zero-order chi connectivity index (χ0) is 10.7. The topological polar surface area (TPSA) is 38.3 Å². The van der Waals surface area contributed by atoms with Crippen LogP contribution in [0, 0.1) is 0 Å². The minimum absolute atomic E-state index is 0.0217. The predicted octanol–water partition coefficient (Wildman–Crippen LogP) is 2.10. The largest absolute Gasteiger partial charge is 0.368 e. The molecule has 1 N–H and O–H groups in total. The maximum atomic E-state index is 11.7. The third-order valence-corrected chi connectivity index (χ3v) is 3.61. The lowest BCUT2D eigenvalue weighted by Crippen LogP contribution is -2.35. The molecule has 4 heteroatoms. The average Bonchev–Trinajstić information content (AvgIpc) is 2.91. The number of amides is 1. The fraction of sp³-hybridized carbons (Fsp3) is 0.545. The van der Waals surface area contributed by atoms with Crippen molar-refractivity contribution in [2.45, 2.75) is 31.9 Å². The van der Waals surface area contributed by atoms with Gasteiger partial charge in [0, 0.05) is 11.5 Å². The van der Waals surface area contributed by atoms with E-state index in [4.69, 9.17) is 4.74 Å². The first-order chi connectivity index (χ1) is 7.27. The molecular formula is C11H15NO2S. The summed E-state index contributed by atoms with van der Waals surface area (Å²) in [7, 11) is 0. The van der Waals surface area contributed by atoms with Gasteiger partial charge in [-0.1, -0.05) is 6.07 Å². The second-order valence-electron chi connectivity index (χ2n) is 3.75. The van der Waals surface area contributed by atoms with E-state index < -0.39 is 0 Å². The molecule has 3 nitrogen and oxygen atoms in total. The van der Waals surface area contributed by atoms with Gasteiger partial charge >= 0.3 is 0 Å². The first kappa shape index (κ1) is 10.6. The molecule has 0 bridgehead atoms. The standard InChI is InChI=1S/C11H15NO2S/c1-8(10-5-3-7-15-10)12-11(13)9-4-2-6-14-9/h3,5,7-9H,2,4,6H2,1H3,(H,12,13)/t8-,9+/m1/s1. The Kier molecular flexibility index (Phi) is 3.38. The van der Waals surface area contributed by atoms with E-state index in [0.717, 1.165) is 12.8 Å². The van der Waals surface area contributed by atoms with E-state index in [1.165, 1.54) is 4.88 Å². The Hall–Kier alpha value is -0.870. The van der Waals surface area contributed by atoms with Crippen LogP contribution in [0.3, 0.4) is 0 Å². The van der Waals surface area contributed by atoms with E-state index >= 15 is 0 Å². The van der Waals surface area contributed by atoms with Crippen LogP contribution in [0.25, 0.3) is 0 Å². The summed E-state index contributed by atoms with van der Waals surface area (Å²) < 4.78 is 5.32. The molecule has 0 saturated carbocycles. The van der Waals surface area contributed by atoms with Crippen molar-refractivity contribution >= 4 is 17.2 Å².